The van der Waals surface area contributed by atoms with Crippen molar-refractivity contribution >= 4 is 6.03 Å². The first kappa shape index (κ1) is 23.5. The Morgan fingerprint density at radius 1 is 1.22 bits per heavy atom. The monoisotopic (exact) mass is 483 g/mol. The SMILES string of the molecule is CC(C)(O)C#Cc1ccc2c(c1)-n1ccnc1C(NC(=O)n1cc(Cc3ccc(F)cc3)cn1)CC2. The van der Waals surface area contributed by atoms with E-state index in [4.69, 9.17) is 0 Å². The number of amides is 1. The number of fused-ring (bicyclic) bond motifs is 3. The topological polar surface area (TPSA) is 85.0 Å². The molecule has 0 spiro atoms. The summed E-state index contributed by atoms with van der Waals surface area (Å²) >= 11 is 0. The Bertz CT molecular complexity index is 1470. The van der Waals surface area contributed by atoms with E-state index in [9.17, 15) is 14.3 Å². The highest BCUT2D eigenvalue weighted by Gasteiger charge is 2.25. The van der Waals surface area contributed by atoms with Gasteiger partial charge in [-0.2, -0.15) is 9.78 Å². The van der Waals surface area contributed by atoms with E-state index in [-0.39, 0.29) is 17.9 Å². The van der Waals surface area contributed by atoms with E-state index in [0.29, 0.717) is 12.8 Å². The van der Waals surface area contributed by atoms with Gasteiger partial charge >= 0.3 is 6.03 Å². The first-order valence-electron chi connectivity index (χ1n) is 11.8. The van der Waals surface area contributed by atoms with Crippen LogP contribution in [0.4, 0.5) is 9.18 Å². The van der Waals surface area contributed by atoms with Crippen molar-refractivity contribution in [2.75, 3.05) is 0 Å². The molecule has 0 saturated carbocycles. The number of nitrogens with zero attached hydrogens (tertiary/aromatic N) is 4. The van der Waals surface area contributed by atoms with Crippen LogP contribution in [-0.2, 0) is 12.8 Å². The van der Waals surface area contributed by atoms with E-state index in [0.717, 1.165) is 40.2 Å². The second kappa shape index (κ2) is 9.44. The molecule has 3 heterocycles. The lowest BCUT2D eigenvalue weighted by Gasteiger charge is -2.16. The van der Waals surface area contributed by atoms with Gasteiger partial charge < -0.3 is 15.0 Å². The number of benzene rings is 2. The average Bonchev–Trinajstić information content (AvgIpc) is 3.49. The van der Waals surface area contributed by atoms with Crippen LogP contribution in [0.3, 0.4) is 0 Å². The molecule has 182 valence electrons. The van der Waals surface area contributed by atoms with E-state index >= 15 is 0 Å². The summed E-state index contributed by atoms with van der Waals surface area (Å²) in [6.07, 6.45) is 8.89. The quantitative estimate of drug-likeness (QED) is 0.429. The Kier molecular flexibility index (Phi) is 6.17. The predicted molar refractivity (Wildman–Crippen MR) is 133 cm³/mol. The molecule has 2 aromatic heterocycles. The van der Waals surface area contributed by atoms with Gasteiger partial charge in [-0.3, -0.25) is 0 Å². The van der Waals surface area contributed by atoms with Crippen molar-refractivity contribution in [2.24, 2.45) is 0 Å². The number of aromatic nitrogens is 4. The third kappa shape index (κ3) is 5.21. The van der Waals surface area contributed by atoms with Gasteiger partial charge in [0.25, 0.3) is 0 Å². The summed E-state index contributed by atoms with van der Waals surface area (Å²) in [5.41, 5.74) is 3.59. The highest BCUT2D eigenvalue weighted by Crippen LogP contribution is 2.29. The number of rotatable bonds is 3. The molecule has 0 bridgehead atoms. The minimum atomic E-state index is -1.08. The van der Waals surface area contributed by atoms with Gasteiger partial charge in [0.15, 0.2) is 0 Å². The smallest absolute Gasteiger partial charge is 0.342 e. The molecule has 36 heavy (non-hydrogen) atoms. The molecule has 1 aliphatic heterocycles. The highest BCUT2D eigenvalue weighted by molar-refractivity contribution is 5.76. The van der Waals surface area contributed by atoms with Crippen LogP contribution in [0, 0.1) is 17.7 Å². The van der Waals surface area contributed by atoms with Crippen molar-refractivity contribution in [3.8, 4) is 17.5 Å². The van der Waals surface area contributed by atoms with Crippen LogP contribution in [0.25, 0.3) is 5.69 Å². The Morgan fingerprint density at radius 3 is 2.81 bits per heavy atom. The number of hydrogen-bond donors (Lipinski definition) is 2. The summed E-state index contributed by atoms with van der Waals surface area (Å²) in [5.74, 6) is 6.33. The molecule has 2 N–H and O–H groups in total. The van der Waals surface area contributed by atoms with E-state index in [1.165, 1.54) is 16.8 Å². The van der Waals surface area contributed by atoms with E-state index in [1.807, 2.05) is 29.0 Å². The third-order valence-corrected chi connectivity index (χ3v) is 6.00. The summed E-state index contributed by atoms with van der Waals surface area (Å²) < 4.78 is 16.4. The molecule has 1 atom stereocenters. The lowest BCUT2D eigenvalue weighted by molar-refractivity contribution is 0.143. The van der Waals surface area contributed by atoms with Crippen molar-refractivity contribution in [1.82, 2.24) is 24.6 Å². The molecule has 7 nitrogen and oxygen atoms in total. The second-order valence-electron chi connectivity index (χ2n) is 9.45. The molecule has 0 radical (unpaired) electrons. The van der Waals surface area contributed by atoms with Gasteiger partial charge in [-0.15, -0.1) is 0 Å². The van der Waals surface area contributed by atoms with Gasteiger partial charge in [0.1, 0.15) is 17.2 Å². The third-order valence-electron chi connectivity index (χ3n) is 6.00. The van der Waals surface area contributed by atoms with Gasteiger partial charge in [-0.1, -0.05) is 30.0 Å². The van der Waals surface area contributed by atoms with Crippen molar-refractivity contribution in [2.45, 2.75) is 44.8 Å². The number of halogens is 1. The van der Waals surface area contributed by atoms with Gasteiger partial charge in [-0.25, -0.2) is 14.2 Å². The zero-order chi connectivity index (χ0) is 25.3. The fourth-order valence-electron chi connectivity index (χ4n) is 4.26. The molecule has 2 aromatic carbocycles. The lowest BCUT2D eigenvalue weighted by Crippen LogP contribution is -2.33. The molecule has 0 fully saturated rings. The van der Waals surface area contributed by atoms with Crippen LogP contribution in [0.5, 0.6) is 0 Å². The lowest BCUT2D eigenvalue weighted by atomic mass is 10.0. The number of nitrogens with one attached hydrogen (secondary N) is 1. The maximum absolute atomic E-state index is 13.2. The second-order valence-corrected chi connectivity index (χ2v) is 9.45. The maximum Gasteiger partial charge on any atom is 0.342 e. The molecule has 5 rings (SSSR count). The average molecular weight is 484 g/mol. The van der Waals surface area contributed by atoms with Crippen LogP contribution in [0.15, 0.2) is 67.3 Å². The fraction of sp³-hybridized carbons (Fsp3) is 0.250. The summed E-state index contributed by atoms with van der Waals surface area (Å²) in [6, 6.07) is 11.6. The van der Waals surface area contributed by atoms with E-state index in [1.54, 1.807) is 44.6 Å². The fourth-order valence-corrected chi connectivity index (χ4v) is 4.26. The van der Waals surface area contributed by atoms with Crippen molar-refractivity contribution in [1.29, 1.82) is 0 Å². The predicted octanol–water partition coefficient (Wildman–Crippen LogP) is 4.17. The van der Waals surface area contributed by atoms with Gasteiger partial charge in [0, 0.05) is 30.6 Å². The summed E-state index contributed by atoms with van der Waals surface area (Å²) in [7, 11) is 0. The number of aliphatic hydroxyl groups is 1. The normalized spacial score (nSPS) is 14.7. The first-order valence-corrected chi connectivity index (χ1v) is 11.8. The first-order chi connectivity index (χ1) is 17.2. The Morgan fingerprint density at radius 2 is 2.03 bits per heavy atom. The number of carbonyl (C=O) groups excluding carboxylic acids is 1. The van der Waals surface area contributed by atoms with E-state index < -0.39 is 5.60 Å². The number of hydrogen-bond acceptors (Lipinski definition) is 4. The van der Waals surface area contributed by atoms with Gasteiger partial charge in [0.05, 0.1) is 17.9 Å². The van der Waals surface area contributed by atoms with Crippen LogP contribution in [-0.4, -0.2) is 36.1 Å². The molecule has 0 saturated heterocycles. The van der Waals surface area contributed by atoms with Crippen LogP contribution >= 0.6 is 0 Å². The standard InChI is InChI=1S/C28H26FN5O2/c1-28(2,36)12-11-20-3-6-22-7-10-24(26-30-13-14-33(26)25(22)16-20)32-27(35)34-18-21(17-31-34)15-19-4-8-23(29)9-5-19/h3-6,8-9,13-14,16-18,24,36H,7,10,15H2,1-2H3,(H,32,35). The zero-order valence-corrected chi connectivity index (χ0v) is 20.1. The van der Waals surface area contributed by atoms with Crippen LogP contribution < -0.4 is 5.32 Å². The minimum Gasteiger partial charge on any atom is -0.378 e. The van der Waals surface area contributed by atoms with Crippen molar-refractivity contribution < 1.29 is 14.3 Å². The molecule has 8 heteroatoms. The maximum atomic E-state index is 13.2. The molecular formula is C28H26FN5O2. The van der Waals surface area contributed by atoms with E-state index in [2.05, 4.69) is 27.2 Å². The zero-order valence-electron chi connectivity index (χ0n) is 20.1. The number of carbonyl (C=O) groups is 1. The minimum absolute atomic E-state index is 0.281. The Hall–Kier alpha value is -4.22. The van der Waals surface area contributed by atoms with Crippen molar-refractivity contribution in [3.05, 3.63) is 101 Å². The van der Waals surface area contributed by atoms with Crippen LogP contribution in [0.2, 0.25) is 0 Å². The van der Waals surface area contributed by atoms with Gasteiger partial charge in [0.2, 0.25) is 0 Å². The number of imidazole rings is 1. The van der Waals surface area contributed by atoms with Crippen molar-refractivity contribution in [3.63, 3.8) is 0 Å². The van der Waals surface area contributed by atoms with Gasteiger partial charge in [-0.05, 0) is 67.6 Å². The summed E-state index contributed by atoms with van der Waals surface area (Å²) in [5, 5.41) is 17.2. The molecule has 1 amide bonds. The molecular weight excluding hydrogens is 457 g/mol. The highest BCUT2D eigenvalue weighted by atomic mass is 19.1. The molecule has 1 unspecified atom stereocenters. The summed E-state index contributed by atoms with van der Waals surface area (Å²) in [6.45, 7) is 3.30. The summed E-state index contributed by atoms with van der Waals surface area (Å²) in [4.78, 5) is 17.6. The van der Waals surface area contributed by atoms with Crippen LogP contribution in [0.1, 0.15) is 54.4 Å². The molecule has 0 aliphatic carbocycles. The molecule has 1 aliphatic rings. The largest absolute Gasteiger partial charge is 0.378 e. The Balaban J connectivity index is 1.34. The number of aryl methyl sites for hydroxylation is 1. The Labute approximate surface area is 208 Å². The molecule has 4 aromatic rings.